The Morgan fingerprint density at radius 3 is 2.41 bits per heavy atom. The van der Waals surface area contributed by atoms with Crippen LogP contribution in [0.3, 0.4) is 0 Å². The second kappa shape index (κ2) is 13.0. The standard InChI is InChI=1S/C25H28N8O2.C3H5F3/c1-14(2)32-24-25(35)33(13-21(34)30-11-15-3-5-16(6-4-15)23(27)28)20(12-31-24)18-9-17-7-8-29-22(17)19(26)10-18;1-2-3(4,5)6/h3-10,12,14,29H,11,13,26H2,1-2H3,(H3,27,28)(H,30,34)(H,31,32);2H2,1H3. The fourth-order valence-electron chi connectivity index (χ4n) is 3.80. The summed E-state index contributed by atoms with van der Waals surface area (Å²) >= 11 is 0. The van der Waals surface area contributed by atoms with Crippen molar-refractivity contribution in [3.63, 3.8) is 0 Å². The molecule has 0 aliphatic heterocycles. The molecule has 2 aromatic heterocycles. The summed E-state index contributed by atoms with van der Waals surface area (Å²) in [5.41, 5.74) is 15.3. The number of nitrogens with zero attached hydrogens (tertiary/aromatic N) is 2. The molecule has 2 heterocycles. The first kappa shape index (κ1) is 30.7. The van der Waals surface area contributed by atoms with Gasteiger partial charge >= 0.3 is 6.18 Å². The monoisotopic (exact) mass is 570 g/mol. The minimum absolute atomic E-state index is 0.00634. The number of hydrogen-bond donors (Lipinski definition) is 6. The molecule has 0 spiro atoms. The summed E-state index contributed by atoms with van der Waals surface area (Å²) in [6.45, 7) is 4.97. The molecule has 218 valence electrons. The molecule has 4 rings (SSSR count). The Kier molecular flexibility index (Phi) is 9.76. The van der Waals surface area contributed by atoms with Crippen LogP contribution in [0.15, 0.2) is 59.7 Å². The number of aromatic nitrogens is 3. The van der Waals surface area contributed by atoms with E-state index in [0.29, 0.717) is 22.5 Å². The van der Waals surface area contributed by atoms with Crippen LogP contribution < -0.4 is 27.7 Å². The highest BCUT2D eigenvalue weighted by Gasteiger charge is 2.22. The number of carbonyl (C=O) groups excluding carboxylic acids is 1. The lowest BCUT2D eigenvalue weighted by molar-refractivity contribution is -0.130. The van der Waals surface area contributed by atoms with E-state index in [9.17, 15) is 22.8 Å². The van der Waals surface area contributed by atoms with Crippen LogP contribution in [-0.4, -0.2) is 38.5 Å². The molecule has 4 aromatic rings. The van der Waals surface area contributed by atoms with Crippen LogP contribution in [0.1, 0.15) is 38.3 Å². The lowest BCUT2D eigenvalue weighted by atomic mass is 10.1. The predicted molar refractivity (Wildman–Crippen MR) is 155 cm³/mol. The largest absolute Gasteiger partial charge is 0.397 e. The highest BCUT2D eigenvalue weighted by Crippen LogP contribution is 2.28. The normalized spacial score (nSPS) is 11.2. The van der Waals surface area contributed by atoms with Gasteiger partial charge in [0.1, 0.15) is 12.4 Å². The van der Waals surface area contributed by atoms with Crippen LogP contribution in [0.5, 0.6) is 0 Å². The summed E-state index contributed by atoms with van der Waals surface area (Å²) < 4.78 is 33.8. The van der Waals surface area contributed by atoms with E-state index < -0.39 is 18.2 Å². The van der Waals surface area contributed by atoms with Gasteiger partial charge in [-0.25, -0.2) is 4.98 Å². The number of nitrogens with two attached hydrogens (primary N) is 2. The van der Waals surface area contributed by atoms with Gasteiger partial charge in [0.05, 0.1) is 23.1 Å². The Bertz CT molecular complexity index is 1570. The molecule has 0 fully saturated rings. The van der Waals surface area contributed by atoms with E-state index in [4.69, 9.17) is 16.9 Å². The fraction of sp³-hybridized carbons (Fsp3) is 0.286. The molecule has 0 aliphatic rings. The maximum absolute atomic E-state index is 13.3. The minimum atomic E-state index is -3.96. The average molecular weight is 571 g/mol. The lowest BCUT2D eigenvalue weighted by Crippen LogP contribution is -2.35. The molecule has 41 heavy (non-hydrogen) atoms. The molecular weight excluding hydrogens is 537 g/mol. The number of alkyl halides is 3. The van der Waals surface area contributed by atoms with E-state index in [-0.39, 0.29) is 36.7 Å². The summed E-state index contributed by atoms with van der Waals surface area (Å²) in [6.07, 6.45) is -1.32. The second-order valence-corrected chi connectivity index (χ2v) is 9.55. The van der Waals surface area contributed by atoms with Crippen molar-refractivity contribution in [3.05, 3.63) is 76.3 Å². The van der Waals surface area contributed by atoms with Crippen LogP contribution in [-0.2, 0) is 17.9 Å². The molecule has 2 aromatic carbocycles. The number of rotatable bonds is 8. The topological polar surface area (TPSA) is 168 Å². The number of amidine groups is 1. The number of H-pyrrole nitrogens is 1. The van der Waals surface area contributed by atoms with Gasteiger partial charge in [-0.1, -0.05) is 31.2 Å². The van der Waals surface area contributed by atoms with Crippen molar-refractivity contribution in [2.45, 2.75) is 52.5 Å². The molecule has 0 bridgehead atoms. The Balaban J connectivity index is 0.000000696. The fourth-order valence-corrected chi connectivity index (χ4v) is 3.80. The van der Waals surface area contributed by atoms with Gasteiger partial charge in [-0.3, -0.25) is 19.6 Å². The summed E-state index contributed by atoms with van der Waals surface area (Å²) in [4.78, 5) is 33.6. The number of benzene rings is 2. The molecular formula is C28H33F3N8O2. The van der Waals surface area contributed by atoms with Gasteiger partial charge in [-0.15, -0.1) is 0 Å². The Hall–Kier alpha value is -4.81. The van der Waals surface area contributed by atoms with Gasteiger partial charge < -0.3 is 27.1 Å². The van der Waals surface area contributed by atoms with Crippen molar-refractivity contribution in [1.82, 2.24) is 19.9 Å². The Morgan fingerprint density at radius 1 is 1.17 bits per heavy atom. The number of aromatic amines is 1. The van der Waals surface area contributed by atoms with E-state index in [1.54, 1.807) is 42.7 Å². The molecule has 0 radical (unpaired) electrons. The predicted octanol–water partition coefficient (Wildman–Crippen LogP) is 4.35. The van der Waals surface area contributed by atoms with Crippen molar-refractivity contribution in [3.8, 4) is 11.3 Å². The maximum Gasteiger partial charge on any atom is 0.388 e. The number of hydrogen-bond acceptors (Lipinski definition) is 6. The van der Waals surface area contributed by atoms with Gasteiger partial charge in [-0.2, -0.15) is 13.2 Å². The van der Waals surface area contributed by atoms with E-state index in [0.717, 1.165) is 23.4 Å². The molecule has 0 saturated heterocycles. The number of carbonyl (C=O) groups is 1. The molecule has 10 nitrogen and oxygen atoms in total. The average Bonchev–Trinajstić information content (AvgIpc) is 3.39. The molecule has 13 heteroatoms. The molecule has 8 N–H and O–H groups in total. The van der Waals surface area contributed by atoms with Crippen molar-refractivity contribution in [2.24, 2.45) is 5.73 Å². The smallest absolute Gasteiger partial charge is 0.388 e. The highest BCUT2D eigenvalue weighted by atomic mass is 19.4. The Morgan fingerprint density at radius 2 is 1.83 bits per heavy atom. The van der Waals surface area contributed by atoms with E-state index >= 15 is 0 Å². The summed E-state index contributed by atoms with van der Waals surface area (Å²) in [6, 6.07) is 12.6. The maximum atomic E-state index is 13.3. The van der Waals surface area contributed by atoms with Crippen LogP contribution in [0.2, 0.25) is 0 Å². The first-order chi connectivity index (χ1) is 19.3. The number of fused-ring (bicyclic) bond motifs is 1. The third-order valence-corrected chi connectivity index (χ3v) is 5.92. The summed E-state index contributed by atoms with van der Waals surface area (Å²) in [5.74, 6) is -0.178. The van der Waals surface area contributed by atoms with Gasteiger partial charge in [0.25, 0.3) is 5.56 Å². The molecule has 0 atom stereocenters. The first-order valence-corrected chi connectivity index (χ1v) is 12.8. The number of nitrogens with one attached hydrogen (secondary N) is 4. The van der Waals surface area contributed by atoms with Crippen molar-refractivity contribution in [2.75, 3.05) is 11.1 Å². The van der Waals surface area contributed by atoms with Gasteiger partial charge in [0.2, 0.25) is 5.91 Å². The zero-order chi connectivity index (χ0) is 30.3. The first-order valence-electron chi connectivity index (χ1n) is 12.8. The zero-order valence-corrected chi connectivity index (χ0v) is 22.9. The zero-order valence-electron chi connectivity index (χ0n) is 22.9. The van der Waals surface area contributed by atoms with E-state index in [1.807, 2.05) is 26.0 Å². The minimum Gasteiger partial charge on any atom is -0.397 e. The summed E-state index contributed by atoms with van der Waals surface area (Å²) in [7, 11) is 0. The summed E-state index contributed by atoms with van der Waals surface area (Å²) in [5, 5.41) is 14.3. The van der Waals surface area contributed by atoms with Crippen molar-refractivity contribution in [1.29, 1.82) is 5.41 Å². The van der Waals surface area contributed by atoms with Gasteiger partial charge in [0.15, 0.2) is 5.82 Å². The highest BCUT2D eigenvalue weighted by molar-refractivity contribution is 5.95. The molecule has 0 saturated carbocycles. The lowest BCUT2D eigenvalue weighted by Gasteiger charge is -2.16. The van der Waals surface area contributed by atoms with Gasteiger partial charge in [0, 0.05) is 41.7 Å². The van der Waals surface area contributed by atoms with Crippen LogP contribution in [0, 0.1) is 5.41 Å². The number of nitrogen functional groups attached to an aromatic ring is 2. The van der Waals surface area contributed by atoms with Crippen LogP contribution in [0.4, 0.5) is 24.7 Å². The third kappa shape index (κ3) is 8.34. The number of amides is 1. The second-order valence-electron chi connectivity index (χ2n) is 9.55. The van der Waals surface area contributed by atoms with Crippen molar-refractivity contribution < 1.29 is 18.0 Å². The SMILES string of the molecule is CC(C)Nc1ncc(-c2cc(N)c3[nH]ccc3c2)n(CC(=O)NCc2ccc(C(=N)N)cc2)c1=O.CCC(F)(F)F. The van der Waals surface area contributed by atoms with E-state index in [1.165, 1.54) is 4.57 Å². The van der Waals surface area contributed by atoms with Crippen molar-refractivity contribution >= 4 is 34.2 Å². The molecule has 1 amide bonds. The van der Waals surface area contributed by atoms with Crippen LogP contribution in [0.25, 0.3) is 22.2 Å². The third-order valence-electron chi connectivity index (χ3n) is 5.92. The van der Waals surface area contributed by atoms with Gasteiger partial charge in [-0.05, 0) is 37.6 Å². The number of anilines is 2. The Labute approximate surface area is 234 Å². The molecule has 0 unspecified atom stereocenters. The molecule has 0 aliphatic carbocycles. The number of halogens is 3. The van der Waals surface area contributed by atoms with E-state index in [2.05, 4.69) is 20.6 Å². The van der Waals surface area contributed by atoms with Crippen LogP contribution >= 0.6 is 0 Å². The quantitative estimate of drug-likeness (QED) is 0.105.